The van der Waals surface area contributed by atoms with Crippen molar-refractivity contribution in [2.45, 2.75) is 0 Å². The number of thiocarbonyl (C=S) groups is 1. The summed E-state index contributed by atoms with van der Waals surface area (Å²) in [6, 6.07) is 7.43. The number of methoxy groups -OCH3 is 2. The van der Waals surface area contributed by atoms with Gasteiger partial charge in [0.1, 0.15) is 5.75 Å². The first kappa shape index (κ1) is 16.1. The van der Waals surface area contributed by atoms with Crippen molar-refractivity contribution >= 4 is 29.3 Å². The van der Waals surface area contributed by atoms with Gasteiger partial charge in [0.2, 0.25) is 5.91 Å². The minimum Gasteiger partial charge on any atom is -0.496 e. The monoisotopic (exact) mass is 294 g/mol. The van der Waals surface area contributed by atoms with Crippen molar-refractivity contribution in [3.63, 3.8) is 0 Å². The molecule has 0 fully saturated rings. The number of ether oxygens (including phenoxy) is 2. The summed E-state index contributed by atoms with van der Waals surface area (Å²) in [7, 11) is 3.18. The van der Waals surface area contributed by atoms with E-state index in [0.717, 1.165) is 5.56 Å². The summed E-state index contributed by atoms with van der Waals surface area (Å²) in [4.78, 5) is 11.7. The van der Waals surface area contributed by atoms with Gasteiger partial charge in [-0.25, -0.2) is 0 Å². The van der Waals surface area contributed by atoms with E-state index in [0.29, 0.717) is 18.9 Å². The fraction of sp³-hybridized carbons (Fsp3) is 0.286. The Labute approximate surface area is 124 Å². The van der Waals surface area contributed by atoms with Gasteiger partial charge in [-0.15, -0.1) is 0 Å². The van der Waals surface area contributed by atoms with Crippen LogP contribution in [0.3, 0.4) is 0 Å². The van der Waals surface area contributed by atoms with E-state index in [1.54, 1.807) is 20.3 Å². The molecule has 0 aliphatic carbocycles. The van der Waals surface area contributed by atoms with Crippen LogP contribution in [0, 0.1) is 0 Å². The van der Waals surface area contributed by atoms with E-state index in [4.69, 9.17) is 21.7 Å². The quantitative estimate of drug-likeness (QED) is 0.471. The lowest BCUT2D eigenvalue weighted by Gasteiger charge is -2.07. The topological polar surface area (TPSA) is 59.6 Å². The number of hydrogen-bond donors (Lipinski definition) is 2. The van der Waals surface area contributed by atoms with Crippen molar-refractivity contribution < 1.29 is 14.3 Å². The van der Waals surface area contributed by atoms with Crippen LogP contribution >= 0.6 is 12.2 Å². The van der Waals surface area contributed by atoms with Gasteiger partial charge in [-0.3, -0.25) is 10.1 Å². The van der Waals surface area contributed by atoms with Gasteiger partial charge in [-0.2, -0.15) is 0 Å². The maximum atomic E-state index is 11.7. The molecule has 20 heavy (non-hydrogen) atoms. The lowest BCUT2D eigenvalue weighted by molar-refractivity contribution is -0.115. The third-order valence-electron chi connectivity index (χ3n) is 2.38. The third-order valence-corrected chi connectivity index (χ3v) is 2.63. The molecule has 0 atom stereocenters. The standard InChI is InChI=1S/C14H18N2O3S/c1-18-10-9-15-14(20)16-13(17)8-7-11-5-3-4-6-12(11)19-2/h3-8H,9-10H2,1-2H3,(H2,15,16,17,20). The molecule has 0 aliphatic heterocycles. The Kier molecular flexibility index (Phi) is 7.31. The molecular formula is C14H18N2O3S. The molecule has 0 aliphatic rings. The summed E-state index contributed by atoms with van der Waals surface area (Å²) < 4.78 is 10.1. The van der Waals surface area contributed by atoms with Gasteiger partial charge >= 0.3 is 0 Å². The maximum Gasteiger partial charge on any atom is 0.250 e. The van der Waals surface area contributed by atoms with Crippen LogP contribution in [0.25, 0.3) is 6.08 Å². The molecule has 0 radical (unpaired) electrons. The number of rotatable bonds is 6. The molecule has 1 rings (SSSR count). The van der Waals surface area contributed by atoms with Gasteiger partial charge in [-0.1, -0.05) is 18.2 Å². The smallest absolute Gasteiger partial charge is 0.250 e. The Morgan fingerprint density at radius 2 is 2.10 bits per heavy atom. The zero-order valence-corrected chi connectivity index (χ0v) is 12.3. The molecular weight excluding hydrogens is 276 g/mol. The average molecular weight is 294 g/mol. The van der Waals surface area contributed by atoms with Crippen LogP contribution < -0.4 is 15.4 Å². The predicted octanol–water partition coefficient (Wildman–Crippen LogP) is 1.35. The summed E-state index contributed by atoms with van der Waals surface area (Å²) in [6.45, 7) is 1.07. The lowest BCUT2D eigenvalue weighted by atomic mass is 10.2. The normalized spacial score (nSPS) is 10.3. The van der Waals surface area contributed by atoms with Crippen LogP contribution in [0.15, 0.2) is 30.3 Å². The average Bonchev–Trinajstić information content (AvgIpc) is 2.45. The molecule has 1 aromatic rings. The van der Waals surface area contributed by atoms with Gasteiger partial charge in [0, 0.05) is 25.3 Å². The van der Waals surface area contributed by atoms with Crippen molar-refractivity contribution in [1.82, 2.24) is 10.6 Å². The highest BCUT2D eigenvalue weighted by atomic mass is 32.1. The molecule has 2 N–H and O–H groups in total. The van der Waals surface area contributed by atoms with Crippen LogP contribution in [0.5, 0.6) is 5.75 Å². The van der Waals surface area contributed by atoms with Crippen molar-refractivity contribution in [2.75, 3.05) is 27.4 Å². The second-order valence-electron chi connectivity index (χ2n) is 3.81. The lowest BCUT2D eigenvalue weighted by Crippen LogP contribution is -2.39. The van der Waals surface area contributed by atoms with E-state index in [1.807, 2.05) is 24.3 Å². The highest BCUT2D eigenvalue weighted by molar-refractivity contribution is 7.80. The van der Waals surface area contributed by atoms with Gasteiger partial charge in [0.25, 0.3) is 0 Å². The largest absolute Gasteiger partial charge is 0.496 e. The molecule has 1 amide bonds. The predicted molar refractivity (Wildman–Crippen MR) is 82.6 cm³/mol. The Morgan fingerprint density at radius 1 is 1.35 bits per heavy atom. The maximum absolute atomic E-state index is 11.7. The van der Waals surface area contributed by atoms with Crippen molar-refractivity contribution in [1.29, 1.82) is 0 Å². The van der Waals surface area contributed by atoms with Gasteiger partial charge in [-0.05, 0) is 24.4 Å². The van der Waals surface area contributed by atoms with Crippen LogP contribution in [-0.4, -0.2) is 38.4 Å². The number of carbonyl (C=O) groups is 1. The van der Waals surface area contributed by atoms with E-state index in [2.05, 4.69) is 10.6 Å². The van der Waals surface area contributed by atoms with E-state index in [-0.39, 0.29) is 11.0 Å². The minimum atomic E-state index is -0.300. The molecule has 0 heterocycles. The molecule has 0 aromatic heterocycles. The molecule has 1 aromatic carbocycles. The first-order chi connectivity index (χ1) is 9.67. The van der Waals surface area contributed by atoms with Crippen LogP contribution in [0.1, 0.15) is 5.56 Å². The van der Waals surface area contributed by atoms with Crippen LogP contribution in [-0.2, 0) is 9.53 Å². The Hall–Kier alpha value is -1.92. The summed E-state index contributed by atoms with van der Waals surface area (Å²) in [6.07, 6.45) is 3.08. The zero-order valence-electron chi connectivity index (χ0n) is 11.5. The minimum absolute atomic E-state index is 0.275. The molecule has 0 unspecified atom stereocenters. The second kappa shape index (κ2) is 9.06. The summed E-state index contributed by atoms with van der Waals surface area (Å²) in [5.41, 5.74) is 0.823. The number of carbonyl (C=O) groups excluding carboxylic acids is 1. The van der Waals surface area contributed by atoms with Crippen LogP contribution in [0.4, 0.5) is 0 Å². The molecule has 5 nitrogen and oxygen atoms in total. The number of amides is 1. The summed E-state index contributed by atoms with van der Waals surface area (Å²) in [5.74, 6) is 0.406. The number of hydrogen-bond acceptors (Lipinski definition) is 4. The second-order valence-corrected chi connectivity index (χ2v) is 4.22. The Balaban J connectivity index is 2.49. The van der Waals surface area contributed by atoms with Crippen molar-refractivity contribution in [3.8, 4) is 5.75 Å². The van der Waals surface area contributed by atoms with Crippen molar-refractivity contribution in [2.24, 2.45) is 0 Å². The van der Waals surface area contributed by atoms with Gasteiger partial charge in [0.05, 0.1) is 13.7 Å². The van der Waals surface area contributed by atoms with Crippen molar-refractivity contribution in [3.05, 3.63) is 35.9 Å². The molecule has 108 valence electrons. The van der Waals surface area contributed by atoms with E-state index in [9.17, 15) is 4.79 Å². The first-order valence-electron chi connectivity index (χ1n) is 6.06. The fourth-order valence-electron chi connectivity index (χ4n) is 1.43. The van der Waals surface area contributed by atoms with Gasteiger partial charge in [0.15, 0.2) is 5.11 Å². The Morgan fingerprint density at radius 3 is 2.80 bits per heavy atom. The zero-order chi connectivity index (χ0) is 14.8. The molecule has 0 spiro atoms. The van der Waals surface area contributed by atoms with E-state index < -0.39 is 0 Å². The highest BCUT2D eigenvalue weighted by Gasteiger charge is 2.01. The summed E-state index contributed by atoms with van der Waals surface area (Å²) >= 11 is 4.97. The molecule has 0 saturated heterocycles. The molecule has 0 bridgehead atoms. The Bertz CT molecular complexity index is 489. The van der Waals surface area contributed by atoms with E-state index in [1.165, 1.54) is 6.08 Å². The first-order valence-corrected chi connectivity index (χ1v) is 6.47. The molecule has 0 saturated carbocycles. The number of nitrogens with one attached hydrogen (secondary N) is 2. The van der Waals surface area contributed by atoms with E-state index >= 15 is 0 Å². The fourth-order valence-corrected chi connectivity index (χ4v) is 1.64. The highest BCUT2D eigenvalue weighted by Crippen LogP contribution is 2.18. The van der Waals surface area contributed by atoms with Crippen LogP contribution in [0.2, 0.25) is 0 Å². The molecule has 6 heteroatoms. The van der Waals surface area contributed by atoms with Gasteiger partial charge < -0.3 is 14.8 Å². The third kappa shape index (κ3) is 5.81. The number of para-hydroxylation sites is 1. The summed E-state index contributed by atoms with van der Waals surface area (Å²) in [5, 5.41) is 5.67. The number of benzene rings is 1. The SMILES string of the molecule is COCCNC(=S)NC(=O)C=Cc1ccccc1OC.